The molecular weight excluding hydrogens is 341 g/mol. The van der Waals surface area contributed by atoms with Crippen LogP contribution >= 0.6 is 0 Å². The number of amides is 1. The van der Waals surface area contributed by atoms with Gasteiger partial charge in [-0.1, -0.05) is 0 Å². The first-order chi connectivity index (χ1) is 11.8. The van der Waals surface area contributed by atoms with Crippen LogP contribution in [0.15, 0.2) is 23.2 Å². The summed E-state index contributed by atoms with van der Waals surface area (Å²) in [6.07, 6.45) is -4.60. The van der Waals surface area contributed by atoms with Gasteiger partial charge in [-0.05, 0) is 23.4 Å². The average Bonchev–Trinajstić information content (AvgIpc) is 3.22. The molecule has 0 aliphatic carbocycles. The lowest BCUT2D eigenvalue weighted by atomic mass is 10.0. The van der Waals surface area contributed by atoms with Crippen molar-refractivity contribution in [2.75, 3.05) is 7.05 Å². The summed E-state index contributed by atoms with van der Waals surface area (Å²) in [7, 11) is 1.36. The Morgan fingerprint density at radius 1 is 1.36 bits per heavy atom. The van der Waals surface area contributed by atoms with E-state index in [1.165, 1.54) is 13.1 Å². The molecule has 3 aromatic rings. The molecule has 0 aliphatic rings. The number of H-pyrrole nitrogens is 2. The fourth-order valence-corrected chi connectivity index (χ4v) is 2.29. The lowest BCUT2D eigenvalue weighted by Crippen LogP contribution is -2.36. The zero-order valence-corrected chi connectivity index (χ0v) is 12.6. The van der Waals surface area contributed by atoms with E-state index in [4.69, 9.17) is 5.73 Å². The first-order valence-corrected chi connectivity index (χ1v) is 6.81. The van der Waals surface area contributed by atoms with Gasteiger partial charge in [0.2, 0.25) is 5.82 Å². The second-order valence-electron chi connectivity index (χ2n) is 4.93. The van der Waals surface area contributed by atoms with Gasteiger partial charge in [0, 0.05) is 18.0 Å². The maximum absolute atomic E-state index is 13.3. The van der Waals surface area contributed by atoms with Crippen LogP contribution in [0, 0.1) is 0 Å². The molecule has 130 valence electrons. The van der Waals surface area contributed by atoms with E-state index in [1.807, 2.05) is 0 Å². The minimum absolute atomic E-state index is 0.0494. The third-order valence-corrected chi connectivity index (χ3v) is 3.41. The number of fused-ring (bicyclic) bond motifs is 1. The van der Waals surface area contributed by atoms with Gasteiger partial charge >= 0.3 is 6.18 Å². The van der Waals surface area contributed by atoms with Crippen LogP contribution < -0.4 is 11.1 Å². The molecule has 0 atom stereocenters. The highest BCUT2D eigenvalue weighted by molar-refractivity contribution is 6.08. The Morgan fingerprint density at radius 3 is 2.72 bits per heavy atom. The van der Waals surface area contributed by atoms with Crippen molar-refractivity contribution >= 4 is 22.8 Å². The number of nitrogens with one attached hydrogen (secondary N) is 3. The Labute approximate surface area is 137 Å². The zero-order valence-electron chi connectivity index (χ0n) is 12.6. The number of carbonyl (C=O) groups is 1. The van der Waals surface area contributed by atoms with Gasteiger partial charge in [0.1, 0.15) is 5.69 Å². The molecule has 0 aliphatic heterocycles. The molecule has 0 bridgehead atoms. The van der Waals surface area contributed by atoms with E-state index < -0.39 is 17.6 Å². The zero-order chi connectivity index (χ0) is 18.2. The third-order valence-electron chi connectivity index (χ3n) is 3.41. The number of nitrogens with zero attached hydrogens (tertiary/aromatic N) is 4. The van der Waals surface area contributed by atoms with E-state index in [0.717, 1.165) is 12.1 Å². The van der Waals surface area contributed by atoms with Gasteiger partial charge in [-0.2, -0.15) is 18.4 Å². The van der Waals surface area contributed by atoms with Gasteiger partial charge in [-0.15, -0.1) is 10.2 Å². The quantitative estimate of drug-likeness (QED) is 0.403. The molecule has 0 radical (unpaired) electrons. The summed E-state index contributed by atoms with van der Waals surface area (Å²) in [5, 5.41) is 15.2. The van der Waals surface area contributed by atoms with Gasteiger partial charge < -0.3 is 10.7 Å². The van der Waals surface area contributed by atoms with E-state index in [2.05, 4.69) is 35.9 Å². The van der Waals surface area contributed by atoms with Crippen molar-refractivity contribution in [2.45, 2.75) is 6.18 Å². The van der Waals surface area contributed by atoms with Gasteiger partial charge in [-0.25, -0.2) is 0 Å². The van der Waals surface area contributed by atoms with Crippen LogP contribution in [0.5, 0.6) is 0 Å². The molecule has 0 fully saturated rings. The first kappa shape index (κ1) is 16.4. The molecule has 0 unspecified atom stereocenters. The van der Waals surface area contributed by atoms with Crippen molar-refractivity contribution in [3.8, 4) is 11.4 Å². The highest BCUT2D eigenvalue weighted by Crippen LogP contribution is 2.38. The van der Waals surface area contributed by atoms with Crippen molar-refractivity contribution in [2.24, 2.45) is 10.7 Å². The first-order valence-electron chi connectivity index (χ1n) is 6.81. The highest BCUT2D eigenvalue weighted by atomic mass is 19.4. The lowest BCUT2D eigenvalue weighted by Gasteiger charge is -2.09. The van der Waals surface area contributed by atoms with E-state index in [1.54, 1.807) is 0 Å². The maximum Gasteiger partial charge on any atom is 0.417 e. The molecule has 9 nitrogen and oxygen atoms in total. The minimum atomic E-state index is -4.60. The van der Waals surface area contributed by atoms with Crippen molar-refractivity contribution in [1.29, 1.82) is 0 Å². The van der Waals surface area contributed by atoms with Gasteiger partial charge in [0.25, 0.3) is 5.91 Å². The number of tetrazole rings is 1. The fraction of sp³-hybridized carbons (Fsp3) is 0.154. The Morgan fingerprint density at radius 2 is 2.12 bits per heavy atom. The second-order valence-corrected chi connectivity index (χ2v) is 4.93. The smallest absolute Gasteiger partial charge is 0.370 e. The normalized spacial score (nSPS) is 12.6. The Hall–Kier alpha value is -3.44. The fourth-order valence-electron chi connectivity index (χ4n) is 2.29. The molecule has 0 saturated carbocycles. The molecule has 0 spiro atoms. The third kappa shape index (κ3) is 3.00. The maximum atomic E-state index is 13.3. The lowest BCUT2D eigenvalue weighted by molar-refractivity contribution is -0.136. The molecule has 5 N–H and O–H groups in total. The molecule has 12 heteroatoms. The highest BCUT2D eigenvalue weighted by Gasteiger charge is 2.34. The summed E-state index contributed by atoms with van der Waals surface area (Å²) in [6.45, 7) is 0. The van der Waals surface area contributed by atoms with Gasteiger partial charge in [0.15, 0.2) is 5.96 Å². The Bertz CT molecular complexity index is 958. The number of aromatic nitrogens is 5. The predicted molar refractivity (Wildman–Crippen MR) is 81.5 cm³/mol. The largest absolute Gasteiger partial charge is 0.417 e. The van der Waals surface area contributed by atoms with Crippen LogP contribution in [-0.2, 0) is 6.18 Å². The molecule has 2 heterocycles. The summed E-state index contributed by atoms with van der Waals surface area (Å²) < 4.78 is 39.8. The number of halogens is 3. The number of benzene rings is 1. The summed E-state index contributed by atoms with van der Waals surface area (Å²) >= 11 is 0. The van der Waals surface area contributed by atoms with Crippen LogP contribution in [-0.4, -0.2) is 44.5 Å². The molecule has 1 amide bonds. The number of rotatable bonds is 2. The molecule has 2 aromatic heterocycles. The van der Waals surface area contributed by atoms with Crippen LogP contribution in [0.2, 0.25) is 0 Å². The van der Waals surface area contributed by atoms with E-state index in [-0.39, 0.29) is 33.9 Å². The Kier molecular flexibility index (Phi) is 3.87. The standard InChI is InChI=1S/C13H11F3N8O/c1-18-12(17)20-11(25)8-4-6-7(13(14,15)16)3-2-5(9(6)19-8)10-21-23-24-22-10/h2-4,19H,1H3,(H3,17,18,20,25)(H,21,22,23,24). The van der Waals surface area contributed by atoms with Gasteiger partial charge in [-0.3, -0.25) is 15.1 Å². The number of nitrogens with two attached hydrogens (primary N) is 1. The SMILES string of the molecule is CN=C(N)NC(=O)c1cc2c(C(F)(F)F)ccc(-c3nn[nH]n3)c2[nH]1. The van der Waals surface area contributed by atoms with Gasteiger partial charge in [0.05, 0.1) is 11.1 Å². The number of hydrogen-bond donors (Lipinski definition) is 4. The summed E-state index contributed by atoms with van der Waals surface area (Å²) in [5.74, 6) is -0.813. The number of aromatic amines is 2. The summed E-state index contributed by atoms with van der Waals surface area (Å²) in [4.78, 5) is 18.3. The van der Waals surface area contributed by atoms with Crippen LogP contribution in [0.4, 0.5) is 13.2 Å². The molecule has 1 aromatic carbocycles. The second kappa shape index (κ2) is 5.89. The Balaban J connectivity index is 2.20. The number of hydrogen-bond acceptors (Lipinski definition) is 5. The number of aliphatic imine (C=N–C) groups is 1. The van der Waals surface area contributed by atoms with Crippen molar-refractivity contribution in [3.05, 3.63) is 29.5 Å². The molecular formula is C13H11F3N8O. The van der Waals surface area contributed by atoms with E-state index in [0.29, 0.717) is 0 Å². The molecule has 3 rings (SSSR count). The van der Waals surface area contributed by atoms with E-state index >= 15 is 0 Å². The summed E-state index contributed by atoms with van der Waals surface area (Å²) in [5.41, 5.74) is 4.69. The predicted octanol–water partition coefficient (Wildman–Crippen LogP) is 1.04. The van der Waals surface area contributed by atoms with E-state index in [9.17, 15) is 18.0 Å². The number of alkyl halides is 3. The number of guanidine groups is 1. The monoisotopic (exact) mass is 352 g/mol. The average molecular weight is 352 g/mol. The van der Waals surface area contributed by atoms with Crippen LogP contribution in [0.3, 0.4) is 0 Å². The van der Waals surface area contributed by atoms with Crippen molar-refractivity contribution < 1.29 is 18.0 Å². The van der Waals surface area contributed by atoms with Crippen LogP contribution in [0.1, 0.15) is 16.1 Å². The molecule has 0 saturated heterocycles. The number of carbonyl (C=O) groups excluding carboxylic acids is 1. The minimum Gasteiger partial charge on any atom is -0.370 e. The topological polar surface area (TPSA) is 138 Å². The summed E-state index contributed by atoms with van der Waals surface area (Å²) in [6, 6.07) is 3.18. The molecule has 25 heavy (non-hydrogen) atoms. The van der Waals surface area contributed by atoms with Crippen molar-refractivity contribution in [1.82, 2.24) is 30.9 Å². The van der Waals surface area contributed by atoms with Crippen LogP contribution in [0.25, 0.3) is 22.3 Å². The van der Waals surface area contributed by atoms with Crippen molar-refractivity contribution in [3.63, 3.8) is 0 Å².